The van der Waals surface area contributed by atoms with Gasteiger partial charge in [-0.1, -0.05) is 13.3 Å². The first-order valence-corrected chi connectivity index (χ1v) is 8.50. The topological polar surface area (TPSA) is 55.6 Å². The van der Waals surface area contributed by atoms with E-state index in [-0.39, 0.29) is 17.6 Å². The van der Waals surface area contributed by atoms with Crippen LogP contribution in [0, 0.1) is 17.3 Å². The summed E-state index contributed by atoms with van der Waals surface area (Å²) in [5, 5.41) is 0. The van der Waals surface area contributed by atoms with Crippen molar-refractivity contribution < 1.29 is 9.53 Å². The number of nitrogens with two attached hydrogens (primary N) is 1. The number of amides is 1. The molecule has 21 heavy (non-hydrogen) atoms. The van der Waals surface area contributed by atoms with Gasteiger partial charge in [-0.25, -0.2) is 4.79 Å². The number of likely N-dealkylation sites (tertiary alicyclic amines) is 1. The van der Waals surface area contributed by atoms with Crippen molar-refractivity contribution in [3.8, 4) is 0 Å². The van der Waals surface area contributed by atoms with Gasteiger partial charge in [0.2, 0.25) is 0 Å². The minimum absolute atomic E-state index is 0.134. The van der Waals surface area contributed by atoms with Crippen LogP contribution in [0.15, 0.2) is 0 Å². The average molecular weight is 294 g/mol. The first kappa shape index (κ1) is 15.1. The minimum atomic E-state index is -0.426. The van der Waals surface area contributed by atoms with Gasteiger partial charge in [0.05, 0.1) is 0 Å². The molecule has 2 N–H and O–H groups in total. The van der Waals surface area contributed by atoms with Crippen molar-refractivity contribution >= 4 is 6.09 Å². The van der Waals surface area contributed by atoms with Gasteiger partial charge in [-0.05, 0) is 58.3 Å². The monoisotopic (exact) mass is 294 g/mol. The van der Waals surface area contributed by atoms with E-state index in [1.165, 1.54) is 25.7 Å². The molecule has 1 heterocycles. The number of nitrogens with zero attached hydrogens (tertiary/aromatic N) is 1. The Kier molecular flexibility index (Phi) is 3.51. The Bertz CT molecular complexity index is 423. The average Bonchev–Trinajstić information content (AvgIpc) is 2.52. The lowest BCUT2D eigenvalue weighted by atomic mass is 9.42. The first-order valence-electron chi connectivity index (χ1n) is 8.50. The summed E-state index contributed by atoms with van der Waals surface area (Å²) in [5.41, 5.74) is 6.28. The van der Waals surface area contributed by atoms with E-state index in [4.69, 9.17) is 10.5 Å². The van der Waals surface area contributed by atoms with Crippen LogP contribution in [0.25, 0.3) is 0 Å². The molecule has 1 amide bonds. The summed E-state index contributed by atoms with van der Waals surface area (Å²) >= 11 is 0. The van der Waals surface area contributed by atoms with Crippen molar-refractivity contribution in [2.24, 2.45) is 23.0 Å². The first-order chi connectivity index (χ1) is 9.74. The fraction of sp³-hybridized carbons (Fsp3) is 0.941. The van der Waals surface area contributed by atoms with E-state index in [0.29, 0.717) is 12.0 Å². The molecular weight excluding hydrogens is 264 g/mol. The maximum Gasteiger partial charge on any atom is 0.410 e. The number of carbonyl (C=O) groups is 1. The second-order valence-electron chi connectivity index (χ2n) is 8.55. The molecule has 3 atom stereocenters. The molecule has 0 aromatic rings. The van der Waals surface area contributed by atoms with E-state index < -0.39 is 5.60 Å². The van der Waals surface area contributed by atoms with Gasteiger partial charge in [-0.15, -0.1) is 0 Å². The highest BCUT2D eigenvalue weighted by Gasteiger charge is 2.67. The summed E-state index contributed by atoms with van der Waals surface area (Å²) in [7, 11) is 0. The molecule has 1 aliphatic heterocycles. The van der Waals surface area contributed by atoms with E-state index in [1.807, 2.05) is 25.7 Å². The molecule has 0 aromatic carbocycles. The van der Waals surface area contributed by atoms with Crippen LogP contribution >= 0.6 is 0 Å². The van der Waals surface area contributed by atoms with Crippen LogP contribution in [0.2, 0.25) is 0 Å². The lowest BCUT2D eigenvalue weighted by molar-refractivity contribution is -0.163. The van der Waals surface area contributed by atoms with E-state index in [1.54, 1.807) is 0 Å². The number of hydrogen-bond acceptors (Lipinski definition) is 3. The van der Waals surface area contributed by atoms with Crippen molar-refractivity contribution in [1.29, 1.82) is 0 Å². The Balaban J connectivity index is 1.80. The Morgan fingerprint density at radius 3 is 2.52 bits per heavy atom. The molecule has 3 fully saturated rings. The van der Waals surface area contributed by atoms with Gasteiger partial charge in [0.25, 0.3) is 0 Å². The van der Waals surface area contributed by atoms with Crippen LogP contribution in [0.1, 0.15) is 59.8 Å². The third-order valence-electron chi connectivity index (χ3n) is 5.73. The predicted octanol–water partition coefficient (Wildman–Crippen LogP) is 3.15. The van der Waals surface area contributed by atoms with Crippen LogP contribution in [-0.4, -0.2) is 35.2 Å². The molecule has 0 bridgehead atoms. The molecule has 3 unspecified atom stereocenters. The summed E-state index contributed by atoms with van der Waals surface area (Å²) in [6.07, 6.45) is 5.64. The summed E-state index contributed by atoms with van der Waals surface area (Å²) in [6, 6.07) is 0.600. The van der Waals surface area contributed by atoms with Crippen LogP contribution in [0.5, 0.6) is 0 Å². The SMILES string of the molecule is CC1CC2(C1)C(N)C1CCCCN(C(=O)OC(C)(C)C)C12. The Morgan fingerprint density at radius 2 is 1.95 bits per heavy atom. The zero-order chi connectivity index (χ0) is 15.4. The van der Waals surface area contributed by atoms with Gasteiger partial charge in [0, 0.05) is 24.0 Å². The summed E-state index contributed by atoms with van der Waals surface area (Å²) in [6.45, 7) is 8.94. The quantitative estimate of drug-likeness (QED) is 0.746. The molecule has 120 valence electrons. The molecule has 1 saturated heterocycles. The van der Waals surface area contributed by atoms with Crippen molar-refractivity contribution in [1.82, 2.24) is 4.90 Å². The highest BCUT2D eigenvalue weighted by Crippen LogP contribution is 2.63. The highest BCUT2D eigenvalue weighted by molar-refractivity contribution is 5.69. The number of carbonyl (C=O) groups excluding carboxylic acids is 1. The second-order valence-corrected chi connectivity index (χ2v) is 8.55. The standard InChI is InChI=1S/C17H30N2O2/c1-11-9-17(10-11)13(18)12-7-5-6-8-19(14(12)17)15(20)21-16(2,3)4/h11-14H,5-10,18H2,1-4H3. The number of ether oxygens (including phenoxy) is 1. The molecular formula is C17H30N2O2. The lowest BCUT2D eigenvalue weighted by Gasteiger charge is -2.68. The maximum atomic E-state index is 12.6. The van der Waals surface area contributed by atoms with Gasteiger partial charge in [0.1, 0.15) is 5.60 Å². The zero-order valence-corrected chi connectivity index (χ0v) is 13.9. The Labute approximate surface area is 128 Å². The number of rotatable bonds is 0. The highest BCUT2D eigenvalue weighted by atomic mass is 16.6. The summed E-state index contributed by atoms with van der Waals surface area (Å²) in [4.78, 5) is 14.7. The molecule has 3 aliphatic rings. The van der Waals surface area contributed by atoms with Crippen LogP contribution in [0.4, 0.5) is 4.79 Å². The van der Waals surface area contributed by atoms with Gasteiger partial charge >= 0.3 is 6.09 Å². The van der Waals surface area contributed by atoms with Crippen LogP contribution < -0.4 is 5.73 Å². The fourth-order valence-electron chi connectivity index (χ4n) is 5.08. The van der Waals surface area contributed by atoms with Crippen molar-refractivity contribution in [2.45, 2.75) is 77.5 Å². The number of hydrogen-bond donors (Lipinski definition) is 1. The largest absolute Gasteiger partial charge is 0.444 e. The van der Waals surface area contributed by atoms with E-state index >= 15 is 0 Å². The predicted molar refractivity (Wildman–Crippen MR) is 82.9 cm³/mol. The Hall–Kier alpha value is -0.770. The van der Waals surface area contributed by atoms with Gasteiger partial charge < -0.3 is 15.4 Å². The second kappa shape index (κ2) is 4.87. The molecule has 4 heteroatoms. The third kappa shape index (κ3) is 2.36. The summed E-state index contributed by atoms with van der Waals surface area (Å²) < 4.78 is 5.66. The van der Waals surface area contributed by atoms with Gasteiger partial charge in [-0.2, -0.15) is 0 Å². The minimum Gasteiger partial charge on any atom is -0.444 e. The van der Waals surface area contributed by atoms with E-state index in [0.717, 1.165) is 18.9 Å². The van der Waals surface area contributed by atoms with Gasteiger partial charge in [0.15, 0.2) is 0 Å². The normalized spacial score (nSPS) is 42.6. The van der Waals surface area contributed by atoms with E-state index in [2.05, 4.69) is 6.92 Å². The molecule has 2 aliphatic carbocycles. The smallest absolute Gasteiger partial charge is 0.410 e. The molecule has 0 aromatic heterocycles. The number of fused-ring (bicyclic) bond motifs is 2. The van der Waals surface area contributed by atoms with Crippen molar-refractivity contribution in [3.05, 3.63) is 0 Å². The molecule has 0 radical (unpaired) electrons. The summed E-state index contributed by atoms with van der Waals surface area (Å²) in [5.74, 6) is 1.23. The van der Waals surface area contributed by atoms with Crippen LogP contribution in [0.3, 0.4) is 0 Å². The molecule has 1 spiro atoms. The third-order valence-corrected chi connectivity index (χ3v) is 5.73. The van der Waals surface area contributed by atoms with E-state index in [9.17, 15) is 4.79 Å². The maximum absolute atomic E-state index is 12.6. The molecule has 4 nitrogen and oxygen atoms in total. The van der Waals surface area contributed by atoms with Crippen LogP contribution in [-0.2, 0) is 4.74 Å². The lowest BCUT2D eigenvalue weighted by Crippen LogP contribution is -2.77. The fourth-order valence-corrected chi connectivity index (χ4v) is 5.08. The van der Waals surface area contributed by atoms with Gasteiger partial charge in [-0.3, -0.25) is 0 Å². The molecule has 3 rings (SSSR count). The Morgan fingerprint density at radius 1 is 1.29 bits per heavy atom. The van der Waals surface area contributed by atoms with Crippen molar-refractivity contribution in [3.63, 3.8) is 0 Å². The van der Waals surface area contributed by atoms with Crippen molar-refractivity contribution in [2.75, 3.05) is 6.54 Å². The zero-order valence-electron chi connectivity index (χ0n) is 13.9. The molecule has 2 saturated carbocycles.